The molecule has 0 saturated carbocycles. The first-order chi connectivity index (χ1) is 12.7. The number of nitrogen functional groups attached to an aromatic ring is 1. The quantitative estimate of drug-likeness (QED) is 0.675. The highest BCUT2D eigenvalue weighted by Gasteiger charge is 2.15. The molecular formula is C20H23N5O. The number of nitrogens with zero attached hydrogens (tertiary/aromatic N) is 3. The van der Waals surface area contributed by atoms with Gasteiger partial charge >= 0.3 is 0 Å². The third-order valence-corrected chi connectivity index (χ3v) is 4.12. The molecule has 0 aliphatic rings. The van der Waals surface area contributed by atoms with Crippen LogP contribution in [0.5, 0.6) is 5.75 Å². The highest BCUT2D eigenvalue weighted by atomic mass is 16.5. The minimum absolute atomic E-state index is 0.534. The predicted molar refractivity (Wildman–Crippen MR) is 106 cm³/mol. The second-order valence-electron chi connectivity index (χ2n) is 5.74. The van der Waals surface area contributed by atoms with Gasteiger partial charge in [-0.25, -0.2) is 9.97 Å². The number of aromatic nitrogens is 2. The first-order valence-electron chi connectivity index (χ1n) is 8.52. The molecule has 3 rings (SSSR count). The molecule has 26 heavy (non-hydrogen) atoms. The first-order valence-corrected chi connectivity index (χ1v) is 8.52. The van der Waals surface area contributed by atoms with Crippen molar-refractivity contribution < 1.29 is 4.74 Å². The number of nitrogens with one attached hydrogen (secondary N) is 1. The van der Waals surface area contributed by atoms with Crippen molar-refractivity contribution in [2.45, 2.75) is 13.5 Å². The van der Waals surface area contributed by atoms with Crippen LogP contribution < -0.4 is 20.7 Å². The van der Waals surface area contributed by atoms with Crippen molar-refractivity contribution in [3.8, 4) is 5.75 Å². The molecule has 3 N–H and O–H groups in total. The Labute approximate surface area is 153 Å². The van der Waals surface area contributed by atoms with E-state index in [2.05, 4.69) is 27.1 Å². The molecular weight excluding hydrogens is 326 g/mol. The Morgan fingerprint density at radius 2 is 1.77 bits per heavy atom. The number of para-hydroxylation sites is 1. The molecule has 0 atom stereocenters. The lowest BCUT2D eigenvalue weighted by Gasteiger charge is -2.24. The van der Waals surface area contributed by atoms with Gasteiger partial charge in [0.15, 0.2) is 11.6 Å². The monoisotopic (exact) mass is 349 g/mol. The topological polar surface area (TPSA) is 76.3 Å². The van der Waals surface area contributed by atoms with Gasteiger partial charge in [-0.3, -0.25) is 0 Å². The lowest BCUT2D eigenvalue weighted by atomic mass is 10.2. The molecule has 2 aromatic carbocycles. The van der Waals surface area contributed by atoms with Gasteiger partial charge in [-0.15, -0.1) is 0 Å². The maximum atomic E-state index is 6.36. The lowest BCUT2D eigenvalue weighted by Crippen LogP contribution is -2.20. The molecule has 0 fully saturated rings. The zero-order valence-electron chi connectivity index (χ0n) is 15.0. The normalized spacial score (nSPS) is 10.4. The maximum Gasteiger partial charge on any atom is 0.161 e. The molecule has 1 aromatic heterocycles. The van der Waals surface area contributed by atoms with Crippen LogP contribution in [-0.2, 0) is 6.54 Å². The van der Waals surface area contributed by atoms with Gasteiger partial charge in [0.05, 0.1) is 7.11 Å². The molecule has 0 bridgehead atoms. The van der Waals surface area contributed by atoms with Gasteiger partial charge in [-0.1, -0.05) is 30.3 Å². The highest BCUT2D eigenvalue weighted by molar-refractivity contribution is 5.79. The predicted octanol–water partition coefficient (Wildman–Crippen LogP) is 3.84. The summed E-state index contributed by atoms with van der Waals surface area (Å²) in [4.78, 5) is 10.8. The van der Waals surface area contributed by atoms with Crippen LogP contribution in [-0.4, -0.2) is 23.6 Å². The van der Waals surface area contributed by atoms with Crippen molar-refractivity contribution >= 4 is 23.0 Å². The zero-order chi connectivity index (χ0) is 18.4. The summed E-state index contributed by atoms with van der Waals surface area (Å²) in [5.74, 6) is 2.16. The van der Waals surface area contributed by atoms with Crippen LogP contribution >= 0.6 is 0 Å². The van der Waals surface area contributed by atoms with Crippen molar-refractivity contribution in [1.82, 2.24) is 9.97 Å². The van der Waals surface area contributed by atoms with E-state index in [9.17, 15) is 0 Å². The molecule has 3 aromatic rings. The van der Waals surface area contributed by atoms with Crippen LogP contribution in [0.3, 0.4) is 0 Å². The van der Waals surface area contributed by atoms with E-state index >= 15 is 0 Å². The molecule has 134 valence electrons. The summed E-state index contributed by atoms with van der Waals surface area (Å²) < 4.78 is 5.18. The van der Waals surface area contributed by atoms with Crippen LogP contribution in [0.2, 0.25) is 0 Å². The van der Waals surface area contributed by atoms with Gasteiger partial charge < -0.3 is 20.7 Å². The summed E-state index contributed by atoms with van der Waals surface area (Å²) in [5, 5.41) is 3.29. The summed E-state index contributed by atoms with van der Waals surface area (Å²) in [6, 6.07) is 17.9. The first kappa shape index (κ1) is 17.5. The van der Waals surface area contributed by atoms with Gasteiger partial charge in [0, 0.05) is 18.8 Å². The van der Waals surface area contributed by atoms with Crippen LogP contribution in [0.4, 0.5) is 23.0 Å². The maximum absolute atomic E-state index is 6.36. The lowest BCUT2D eigenvalue weighted by molar-refractivity contribution is 0.414. The number of rotatable bonds is 7. The summed E-state index contributed by atoms with van der Waals surface area (Å²) in [5.41, 5.74) is 9.05. The van der Waals surface area contributed by atoms with Crippen molar-refractivity contribution in [2.75, 3.05) is 29.6 Å². The Morgan fingerprint density at radius 1 is 1.04 bits per heavy atom. The van der Waals surface area contributed by atoms with Crippen LogP contribution in [0.15, 0.2) is 60.9 Å². The average molecular weight is 349 g/mol. The van der Waals surface area contributed by atoms with Gasteiger partial charge in [-0.2, -0.15) is 0 Å². The second kappa shape index (κ2) is 8.20. The summed E-state index contributed by atoms with van der Waals surface area (Å²) >= 11 is 0. The molecule has 0 spiro atoms. The van der Waals surface area contributed by atoms with E-state index in [0.717, 1.165) is 23.5 Å². The second-order valence-corrected chi connectivity index (χ2v) is 5.74. The van der Waals surface area contributed by atoms with Crippen LogP contribution in [0.25, 0.3) is 0 Å². The number of hydrogen-bond acceptors (Lipinski definition) is 6. The van der Waals surface area contributed by atoms with Gasteiger partial charge in [0.1, 0.15) is 17.8 Å². The van der Waals surface area contributed by atoms with Gasteiger partial charge in [0.2, 0.25) is 0 Å². The number of anilines is 4. The van der Waals surface area contributed by atoms with Crippen molar-refractivity contribution in [3.63, 3.8) is 0 Å². The van der Waals surface area contributed by atoms with E-state index in [-0.39, 0.29) is 0 Å². The van der Waals surface area contributed by atoms with Gasteiger partial charge in [0.25, 0.3) is 0 Å². The SMILES string of the molecule is CCN(c1ccccc1)c1ncnc(NCc2ccc(OC)cc2)c1N. The number of ether oxygens (including phenoxy) is 1. The number of methoxy groups -OCH3 is 1. The smallest absolute Gasteiger partial charge is 0.161 e. The molecule has 0 unspecified atom stereocenters. The van der Waals surface area contributed by atoms with Crippen molar-refractivity contribution in [1.29, 1.82) is 0 Å². The summed E-state index contributed by atoms with van der Waals surface area (Å²) in [6.07, 6.45) is 1.54. The molecule has 6 nitrogen and oxygen atoms in total. The Balaban J connectivity index is 1.80. The average Bonchev–Trinajstić information content (AvgIpc) is 2.70. The number of benzene rings is 2. The van der Waals surface area contributed by atoms with Crippen LogP contribution in [0.1, 0.15) is 12.5 Å². The summed E-state index contributed by atoms with van der Waals surface area (Å²) in [7, 11) is 1.66. The largest absolute Gasteiger partial charge is 0.497 e. The number of hydrogen-bond donors (Lipinski definition) is 2. The Hall–Kier alpha value is -3.28. The Bertz CT molecular complexity index is 837. The van der Waals surface area contributed by atoms with Crippen molar-refractivity contribution in [3.05, 3.63) is 66.5 Å². The number of nitrogens with two attached hydrogens (primary N) is 1. The Kier molecular flexibility index (Phi) is 5.53. The molecule has 1 heterocycles. The van der Waals surface area contributed by atoms with E-state index < -0.39 is 0 Å². The van der Waals surface area contributed by atoms with E-state index in [0.29, 0.717) is 23.9 Å². The molecule has 0 radical (unpaired) electrons. The fourth-order valence-electron chi connectivity index (χ4n) is 2.73. The standard InChI is InChI=1S/C20H23N5O/c1-3-25(16-7-5-4-6-8-16)20-18(21)19(23-14-24-20)22-13-15-9-11-17(26-2)12-10-15/h4-12,14H,3,13,21H2,1-2H3,(H,22,23,24). The highest BCUT2D eigenvalue weighted by Crippen LogP contribution is 2.31. The third-order valence-electron chi connectivity index (χ3n) is 4.12. The molecule has 0 amide bonds. The molecule has 0 saturated heterocycles. The molecule has 6 heteroatoms. The Morgan fingerprint density at radius 3 is 2.42 bits per heavy atom. The zero-order valence-corrected chi connectivity index (χ0v) is 15.0. The third kappa shape index (κ3) is 3.85. The van der Waals surface area contributed by atoms with E-state index in [1.165, 1.54) is 6.33 Å². The van der Waals surface area contributed by atoms with E-state index in [1.54, 1.807) is 7.11 Å². The van der Waals surface area contributed by atoms with E-state index in [4.69, 9.17) is 10.5 Å². The minimum Gasteiger partial charge on any atom is -0.497 e. The van der Waals surface area contributed by atoms with E-state index in [1.807, 2.05) is 54.6 Å². The van der Waals surface area contributed by atoms with Crippen molar-refractivity contribution in [2.24, 2.45) is 0 Å². The van der Waals surface area contributed by atoms with Gasteiger partial charge in [-0.05, 0) is 36.8 Å². The van der Waals surface area contributed by atoms with Crippen LogP contribution in [0, 0.1) is 0 Å². The minimum atomic E-state index is 0.534. The summed E-state index contributed by atoms with van der Waals surface area (Å²) in [6.45, 7) is 3.43. The molecule has 0 aliphatic heterocycles. The fraction of sp³-hybridized carbons (Fsp3) is 0.200. The fourth-order valence-corrected chi connectivity index (χ4v) is 2.73. The molecule has 0 aliphatic carbocycles.